The van der Waals surface area contributed by atoms with E-state index in [0.717, 1.165) is 185 Å². The molecule has 4 aliphatic carbocycles. The molecular formula is C106H143N25O12. The molecule has 6 atom stereocenters. The Kier molecular flexibility index (Phi) is 31.1. The molecule has 0 amide bonds. The molecule has 5 saturated heterocycles. The van der Waals surface area contributed by atoms with Crippen LogP contribution in [0.15, 0.2) is 109 Å². The van der Waals surface area contributed by atoms with E-state index in [2.05, 4.69) is 147 Å². The summed E-state index contributed by atoms with van der Waals surface area (Å²) < 4.78 is 46.1. The average molecular weight is 1960 g/mol. The number of para-hydroxylation sites is 1. The highest BCUT2D eigenvalue weighted by Gasteiger charge is 2.38. The smallest absolute Gasteiger partial charge is 0.262 e. The number of benzene rings is 1. The van der Waals surface area contributed by atoms with Crippen molar-refractivity contribution in [2.75, 3.05) is 39.6 Å². The number of rotatable bonds is 20. The molecule has 0 spiro atoms. The molecule has 23 rings (SSSR count). The minimum atomic E-state index is -0.207. The lowest BCUT2D eigenvalue weighted by Crippen LogP contribution is -2.35. The highest BCUT2D eigenvalue weighted by molar-refractivity contribution is 5.77. The SMILES string of the molecule is CC(C)Cc1nc2c(cnn2C2CCOC(C)(C)C2)c(=O)[nH]1.CC1(C)CC(n2ncc3c(=O)[nH]c(CC4CCC4)nc32)CCO1.CC1(C)CC(n2ncc3c(=O)[nH]c(CC4CCCC4)nc32)CCO1.CC1CC(n2ncc3c(=O)[nH]c(CC4CCC4)nc32)CCO1.CCOc1ccccc1Cc1nc2c(cnn2C2CCOC(C)(C)C2)c(=O)[nH]1.Cc1cccnc1Cc1nc2c(cnn2C2CCCCC2)c(=O)[nH]1. The molecular weight excluding hydrogens is 1820 g/mol. The Hall–Kier alpha value is -11.9. The molecule has 143 heavy (non-hydrogen) atoms. The van der Waals surface area contributed by atoms with E-state index in [1.807, 2.05) is 78.3 Å². The molecule has 18 heterocycles. The molecule has 6 unspecified atom stereocenters. The van der Waals surface area contributed by atoms with E-state index in [1.54, 1.807) is 43.4 Å². The summed E-state index contributed by atoms with van der Waals surface area (Å²) in [6, 6.07) is 13.3. The number of aryl methyl sites for hydroxylation is 1. The fourth-order valence-corrected chi connectivity index (χ4v) is 22.0. The van der Waals surface area contributed by atoms with Crippen molar-refractivity contribution in [1.82, 2.24) is 123 Å². The van der Waals surface area contributed by atoms with Gasteiger partial charge in [-0.2, -0.15) is 30.6 Å². The van der Waals surface area contributed by atoms with Crippen LogP contribution in [0.4, 0.5) is 0 Å². The average Bonchev–Trinajstić information content (AvgIpc) is 1.67. The Morgan fingerprint density at radius 3 is 1.06 bits per heavy atom. The van der Waals surface area contributed by atoms with Crippen molar-refractivity contribution in [3.63, 3.8) is 0 Å². The number of aromatic amines is 6. The van der Waals surface area contributed by atoms with Crippen LogP contribution in [0.2, 0.25) is 0 Å². The van der Waals surface area contributed by atoms with Crippen LogP contribution >= 0.6 is 0 Å². The zero-order chi connectivity index (χ0) is 100. The van der Waals surface area contributed by atoms with Crippen molar-refractivity contribution in [2.24, 2.45) is 23.7 Å². The maximum Gasteiger partial charge on any atom is 0.262 e. The lowest BCUT2D eigenvalue weighted by atomic mass is 9.83. The number of aromatic nitrogens is 25. The number of nitrogens with zero attached hydrogens (tertiary/aromatic N) is 19. The molecule has 13 aromatic heterocycles. The van der Waals surface area contributed by atoms with Crippen LogP contribution in [0.1, 0.15) is 332 Å². The summed E-state index contributed by atoms with van der Waals surface area (Å²) in [6.45, 7) is 31.2. The van der Waals surface area contributed by atoms with Crippen LogP contribution in [0.25, 0.3) is 66.2 Å². The van der Waals surface area contributed by atoms with Crippen LogP contribution in [0.5, 0.6) is 5.75 Å². The van der Waals surface area contributed by atoms with Gasteiger partial charge in [0.1, 0.15) is 73.0 Å². The van der Waals surface area contributed by atoms with Crippen molar-refractivity contribution in [2.45, 2.75) is 354 Å². The van der Waals surface area contributed by atoms with E-state index in [4.69, 9.17) is 53.3 Å². The minimum absolute atomic E-state index is 0.0642. The minimum Gasteiger partial charge on any atom is -0.494 e. The number of hydrogen-bond acceptors (Lipinski definition) is 25. The lowest BCUT2D eigenvalue weighted by molar-refractivity contribution is -0.0705. The van der Waals surface area contributed by atoms with Gasteiger partial charge in [0.05, 0.1) is 114 Å². The van der Waals surface area contributed by atoms with Crippen LogP contribution in [-0.2, 0) is 62.2 Å². The first-order valence-corrected chi connectivity index (χ1v) is 52.4. The van der Waals surface area contributed by atoms with E-state index >= 15 is 0 Å². The first-order chi connectivity index (χ1) is 68.8. The third-order valence-corrected chi connectivity index (χ3v) is 29.9. The maximum atomic E-state index is 12.6. The summed E-state index contributed by atoms with van der Waals surface area (Å²) in [7, 11) is 0. The molecule has 0 bridgehead atoms. The largest absolute Gasteiger partial charge is 0.494 e. The van der Waals surface area contributed by atoms with Crippen LogP contribution in [-0.4, -0.2) is 192 Å². The summed E-state index contributed by atoms with van der Waals surface area (Å²) in [5, 5.41) is 30.3. The van der Waals surface area contributed by atoms with Crippen molar-refractivity contribution in [1.29, 1.82) is 0 Å². The van der Waals surface area contributed by atoms with Gasteiger partial charge in [0.2, 0.25) is 0 Å². The molecule has 6 N–H and O–H groups in total. The van der Waals surface area contributed by atoms with Crippen LogP contribution < -0.4 is 38.1 Å². The number of fused-ring (bicyclic) bond motifs is 6. The fraction of sp³-hybridized carbons (Fsp3) is 0.613. The van der Waals surface area contributed by atoms with Gasteiger partial charge in [0, 0.05) is 83.3 Å². The number of hydrogen-bond donors (Lipinski definition) is 6. The van der Waals surface area contributed by atoms with Crippen molar-refractivity contribution < 1.29 is 28.4 Å². The van der Waals surface area contributed by atoms with Crippen LogP contribution in [0, 0.1) is 30.6 Å². The molecule has 1 aromatic carbocycles. The number of H-pyrrole nitrogens is 6. The number of pyridine rings is 1. The Morgan fingerprint density at radius 1 is 0.378 bits per heavy atom. The van der Waals surface area contributed by atoms with E-state index in [9.17, 15) is 28.8 Å². The fourth-order valence-electron chi connectivity index (χ4n) is 22.0. The summed E-state index contributed by atoms with van der Waals surface area (Å²) in [5.41, 5.74) is 5.99. The van der Waals surface area contributed by atoms with E-state index in [-0.39, 0.29) is 92.1 Å². The predicted octanol–water partition coefficient (Wildman–Crippen LogP) is 16.4. The Bertz CT molecular complexity index is 7140. The van der Waals surface area contributed by atoms with E-state index in [0.29, 0.717) is 123 Å². The topological polar surface area (TPSA) is 450 Å². The van der Waals surface area contributed by atoms with Gasteiger partial charge in [0.25, 0.3) is 33.4 Å². The molecule has 9 fully saturated rings. The zero-order valence-electron chi connectivity index (χ0n) is 85.4. The molecule has 14 aromatic rings. The lowest BCUT2D eigenvalue weighted by Gasteiger charge is -2.35. The van der Waals surface area contributed by atoms with Crippen LogP contribution in [0.3, 0.4) is 0 Å². The second-order valence-corrected chi connectivity index (χ2v) is 43.8. The Morgan fingerprint density at radius 2 is 0.706 bits per heavy atom. The third-order valence-electron chi connectivity index (χ3n) is 29.9. The molecule has 37 heteroatoms. The standard InChI is InChI=1S/C21H26N4O3.C18H21N5O.C18H26N4O2.C17H24N4O2.C16H22N4O2.C16H24N4O2/c1-4-27-17-8-6-5-7-14(17)11-18-23-19-16(20(26)24-18)13-22-25(19)15-9-10-28-21(2,3)12-15;1-12-6-5-9-19-15(12)10-16-21-17-14(18(24)22-16)11-20-23(17)13-7-3-2-4-8-13;1-18(2)10-13(7-8-24-18)22-16-14(11-19-22)17(23)21-15(20-16)9-12-5-3-4-6-12;1-17(2)9-12(6-7-23-17)21-15-13(10-18-21)16(22)20-14(19-15)8-11-4-3-5-11;1-10-7-12(5-6-22-10)20-15-13(9-17-20)16(21)19-14(18-15)8-11-3-2-4-11;1-10(2)7-13-18-14-12(15(21)19-13)9-17-20(14)11-5-6-22-16(3,4)8-11/h5-8,13,15H,4,9-12H2,1-3H3,(H,23,24,26);5-6,9,11,13H,2-4,7-8,10H2,1H3,(H,21,22,24);11-13H,3-10H2,1-2H3,(H,20,21,23);10-12H,3-9H2,1-2H3,(H,19,20,22);9-12H,2-8H2,1H3,(H,18,19,21);9-11H,5-8H2,1-4H3,(H,18,19,21). The normalized spacial score (nSPS) is 21.9. The highest BCUT2D eigenvalue weighted by atomic mass is 16.5. The molecule has 0 radical (unpaired) electrons. The van der Waals surface area contributed by atoms with Gasteiger partial charge in [-0.1, -0.05) is 122 Å². The van der Waals surface area contributed by atoms with E-state index in [1.165, 1.54) is 83.5 Å². The summed E-state index contributed by atoms with van der Waals surface area (Å²) >= 11 is 0. The highest BCUT2D eigenvalue weighted by Crippen LogP contribution is 2.40. The number of nitrogens with one attached hydrogen (secondary N) is 6. The van der Waals surface area contributed by atoms with Gasteiger partial charge in [-0.3, -0.25) is 33.8 Å². The van der Waals surface area contributed by atoms with Crippen molar-refractivity contribution in [3.8, 4) is 5.75 Å². The Balaban J connectivity index is 0.000000113. The first kappa shape index (κ1) is 101. The second kappa shape index (κ2) is 43.9. The monoisotopic (exact) mass is 1960 g/mol. The second-order valence-electron chi connectivity index (χ2n) is 43.8. The Labute approximate surface area is 830 Å². The zero-order valence-corrected chi connectivity index (χ0v) is 85.4. The van der Waals surface area contributed by atoms with Gasteiger partial charge >= 0.3 is 0 Å². The van der Waals surface area contributed by atoms with Gasteiger partial charge in [-0.05, 0) is 195 Å². The maximum absolute atomic E-state index is 12.6. The summed E-state index contributed by atoms with van der Waals surface area (Å²) in [4.78, 5) is 125. The van der Waals surface area contributed by atoms with Gasteiger partial charge in [-0.15, -0.1) is 0 Å². The van der Waals surface area contributed by atoms with Gasteiger partial charge in [-0.25, -0.2) is 58.0 Å². The third kappa shape index (κ3) is 24.3. The molecule has 5 aliphatic heterocycles. The molecule has 764 valence electrons. The quantitative estimate of drug-likeness (QED) is 0.0413. The van der Waals surface area contributed by atoms with Crippen molar-refractivity contribution >= 4 is 66.2 Å². The summed E-state index contributed by atoms with van der Waals surface area (Å²) in [6.07, 6.45) is 43.7. The molecule has 9 aliphatic rings. The molecule has 4 saturated carbocycles. The summed E-state index contributed by atoms with van der Waals surface area (Å²) in [5.74, 6) is 7.69. The van der Waals surface area contributed by atoms with Gasteiger partial charge < -0.3 is 58.3 Å². The van der Waals surface area contributed by atoms with E-state index < -0.39 is 0 Å². The number of ether oxygens (including phenoxy) is 6. The predicted molar refractivity (Wildman–Crippen MR) is 546 cm³/mol. The van der Waals surface area contributed by atoms with Gasteiger partial charge in [0.15, 0.2) is 33.9 Å². The first-order valence-electron chi connectivity index (χ1n) is 52.4. The van der Waals surface area contributed by atoms with Crippen molar-refractivity contribution in [3.05, 3.63) is 194 Å². The molecule has 37 nitrogen and oxygen atoms in total.